The molecule has 2 aliphatic rings. The Kier molecular flexibility index (Phi) is 13.4. The molecule has 0 spiro atoms. The number of hydrogen-bond donors (Lipinski definition) is 3. The molecule has 0 saturated heterocycles. The van der Waals surface area contributed by atoms with Crippen molar-refractivity contribution in [2.45, 2.75) is 90.3 Å². The van der Waals surface area contributed by atoms with Crippen molar-refractivity contribution < 1.29 is 43.3 Å². The first-order valence-corrected chi connectivity index (χ1v) is 18.8. The third kappa shape index (κ3) is 9.45. The largest absolute Gasteiger partial charge is 0.497 e. The van der Waals surface area contributed by atoms with Crippen LogP contribution in [0.1, 0.15) is 72.1 Å². The summed E-state index contributed by atoms with van der Waals surface area (Å²) < 4.78 is 17.1. The summed E-state index contributed by atoms with van der Waals surface area (Å²) in [5.41, 5.74) is 2.23. The van der Waals surface area contributed by atoms with Crippen molar-refractivity contribution in [2.24, 2.45) is 23.7 Å². The van der Waals surface area contributed by atoms with Gasteiger partial charge in [-0.3, -0.25) is 19.2 Å². The minimum atomic E-state index is -1.09. The van der Waals surface area contributed by atoms with Crippen LogP contribution >= 0.6 is 0 Å². The number of carbonyl (C=O) groups is 5. The van der Waals surface area contributed by atoms with Crippen molar-refractivity contribution in [1.29, 1.82) is 0 Å². The summed E-state index contributed by atoms with van der Waals surface area (Å²) in [5, 5.41) is 16.1. The number of aromatic nitrogens is 1. The van der Waals surface area contributed by atoms with Crippen LogP contribution in [0, 0.1) is 23.7 Å². The second kappa shape index (κ2) is 18.2. The first-order chi connectivity index (χ1) is 25.9. The van der Waals surface area contributed by atoms with E-state index in [1.54, 1.807) is 46.1 Å². The number of aliphatic carboxylic acids is 1. The molecular weight excluding hydrogens is 690 g/mol. The zero-order valence-electron chi connectivity index (χ0n) is 31.6. The Bertz CT molecular complexity index is 1870. The third-order valence-electron chi connectivity index (χ3n) is 10.6. The maximum absolute atomic E-state index is 14.2. The molecule has 3 aromatic rings. The van der Waals surface area contributed by atoms with Gasteiger partial charge in [-0.1, -0.05) is 70.4 Å². The molecular formula is C42H51N3O9. The van der Waals surface area contributed by atoms with Gasteiger partial charge in [0.2, 0.25) is 11.8 Å². The summed E-state index contributed by atoms with van der Waals surface area (Å²) >= 11 is 0. The standard InChI is InChI=1S/C42H51N3O9/c1-6-25(41(49)50)19-35(46)31-20-29(54-36-23-33(26-13-9-7-10-14-26)43-34-22-28(52-4)17-18-30(34)36)21-32(31)39(47)44-37(24(2)3)40(48)45-38(42(51)53-5)27-15-11-8-12-16-27/h7,9-10,13-14,17-18,21-25,27,29,31,37-38H,6,8,11-12,15-16,19-20H2,1-5H3,(H,44,47)(H,45,48)(H,49,50)/t25-,29-,31-,37-,38-/m1/s1. The fourth-order valence-corrected chi connectivity index (χ4v) is 7.44. The summed E-state index contributed by atoms with van der Waals surface area (Å²) in [7, 11) is 2.86. The maximum atomic E-state index is 14.2. The lowest BCUT2D eigenvalue weighted by molar-refractivity contribution is -0.147. The van der Waals surface area contributed by atoms with Crippen molar-refractivity contribution in [3.63, 3.8) is 0 Å². The van der Waals surface area contributed by atoms with Crippen LogP contribution in [0.5, 0.6) is 11.5 Å². The van der Waals surface area contributed by atoms with Gasteiger partial charge in [0.15, 0.2) is 0 Å². The van der Waals surface area contributed by atoms with E-state index in [1.807, 2.05) is 42.5 Å². The van der Waals surface area contributed by atoms with Gasteiger partial charge in [0.25, 0.3) is 0 Å². The molecule has 3 N–H and O–H groups in total. The molecule has 0 unspecified atom stereocenters. The van der Waals surface area contributed by atoms with Crippen molar-refractivity contribution in [3.8, 4) is 22.8 Å². The van der Waals surface area contributed by atoms with Crippen molar-refractivity contribution in [1.82, 2.24) is 15.6 Å². The van der Waals surface area contributed by atoms with Crippen LogP contribution in [0.25, 0.3) is 22.2 Å². The lowest BCUT2D eigenvalue weighted by atomic mass is 9.83. The van der Waals surface area contributed by atoms with Crippen LogP contribution in [0.15, 0.2) is 66.2 Å². The number of amides is 2. The molecule has 288 valence electrons. The number of carboxylic acids is 1. The number of Topliss-reactive ketones (excluding diaryl/α,β-unsaturated/α-hetero) is 1. The molecule has 0 aliphatic heterocycles. The van der Waals surface area contributed by atoms with Gasteiger partial charge >= 0.3 is 11.9 Å². The number of fused-ring (bicyclic) bond motifs is 1. The molecule has 54 heavy (non-hydrogen) atoms. The van der Waals surface area contributed by atoms with Crippen LogP contribution in [-0.4, -0.2) is 72.0 Å². The molecule has 0 bridgehead atoms. The highest BCUT2D eigenvalue weighted by atomic mass is 16.5. The second-order valence-electron chi connectivity index (χ2n) is 14.5. The Morgan fingerprint density at radius 3 is 2.30 bits per heavy atom. The molecule has 5 atom stereocenters. The highest BCUT2D eigenvalue weighted by molar-refractivity contribution is 6.04. The molecule has 1 heterocycles. The SMILES string of the molecule is CC[C@H](CC(=O)[C@@H]1C[C@@H](Oc2cc(-c3ccccc3)nc3cc(OC)ccc23)C=C1C(=O)N[C@@H](C(=O)N[C@@H](C(=O)OC)C1CCCCC1)C(C)C)C(=O)O. The Morgan fingerprint density at radius 1 is 0.944 bits per heavy atom. The van der Waals surface area contributed by atoms with Gasteiger partial charge in [-0.25, -0.2) is 9.78 Å². The highest BCUT2D eigenvalue weighted by Crippen LogP contribution is 2.37. The predicted octanol–water partition coefficient (Wildman–Crippen LogP) is 6.05. The molecule has 2 aromatic carbocycles. The van der Waals surface area contributed by atoms with Gasteiger partial charge in [0, 0.05) is 41.5 Å². The van der Waals surface area contributed by atoms with Crippen LogP contribution < -0.4 is 20.1 Å². The number of nitrogens with one attached hydrogen (secondary N) is 2. The van der Waals surface area contributed by atoms with Gasteiger partial charge < -0.3 is 30.0 Å². The van der Waals surface area contributed by atoms with E-state index in [1.165, 1.54) is 7.11 Å². The number of hydrogen-bond acceptors (Lipinski definition) is 9. The van der Waals surface area contributed by atoms with Gasteiger partial charge in [0.1, 0.15) is 35.5 Å². The van der Waals surface area contributed by atoms with Gasteiger partial charge in [0.05, 0.1) is 37.3 Å². The summed E-state index contributed by atoms with van der Waals surface area (Å²) in [6.07, 6.45) is 5.42. The Hall–Kier alpha value is -5.26. The summed E-state index contributed by atoms with van der Waals surface area (Å²) in [4.78, 5) is 71.4. The third-order valence-corrected chi connectivity index (χ3v) is 10.6. The molecule has 12 nitrogen and oxygen atoms in total. The van der Waals surface area contributed by atoms with Gasteiger partial charge in [-0.2, -0.15) is 0 Å². The van der Waals surface area contributed by atoms with Crippen molar-refractivity contribution in [2.75, 3.05) is 14.2 Å². The van der Waals surface area contributed by atoms with E-state index in [0.717, 1.165) is 37.7 Å². The average Bonchev–Trinajstić information content (AvgIpc) is 3.61. The van der Waals surface area contributed by atoms with Crippen LogP contribution in [0.4, 0.5) is 0 Å². The van der Waals surface area contributed by atoms with Crippen LogP contribution in [0.2, 0.25) is 0 Å². The summed E-state index contributed by atoms with van der Waals surface area (Å²) in [5.74, 6) is -4.47. The van der Waals surface area contributed by atoms with Gasteiger partial charge in [-0.15, -0.1) is 0 Å². The molecule has 2 amide bonds. The van der Waals surface area contributed by atoms with E-state index >= 15 is 0 Å². The number of carboxylic acid groups (broad SMARTS) is 1. The number of esters is 1. The minimum Gasteiger partial charge on any atom is -0.497 e. The Morgan fingerprint density at radius 2 is 1.67 bits per heavy atom. The molecule has 1 fully saturated rings. The van der Waals surface area contributed by atoms with E-state index in [2.05, 4.69) is 10.6 Å². The van der Waals surface area contributed by atoms with Crippen LogP contribution in [-0.2, 0) is 28.7 Å². The Labute approximate surface area is 316 Å². The van der Waals surface area contributed by atoms with E-state index in [9.17, 15) is 29.1 Å². The normalized spacial score (nSPS) is 19.0. The number of pyridine rings is 1. The smallest absolute Gasteiger partial charge is 0.328 e. The molecule has 0 radical (unpaired) electrons. The van der Waals surface area contributed by atoms with Crippen molar-refractivity contribution in [3.05, 3.63) is 66.2 Å². The summed E-state index contributed by atoms with van der Waals surface area (Å²) in [6, 6.07) is 14.9. The topological polar surface area (TPSA) is 170 Å². The van der Waals surface area contributed by atoms with E-state index < -0.39 is 59.6 Å². The quantitative estimate of drug-likeness (QED) is 0.147. The lowest BCUT2D eigenvalue weighted by Crippen LogP contribution is -2.56. The predicted molar refractivity (Wildman–Crippen MR) is 203 cm³/mol. The molecule has 5 rings (SSSR count). The fourth-order valence-electron chi connectivity index (χ4n) is 7.44. The number of methoxy groups -OCH3 is 2. The number of ketones is 1. The molecule has 1 saturated carbocycles. The maximum Gasteiger partial charge on any atom is 0.328 e. The molecule has 12 heteroatoms. The second-order valence-corrected chi connectivity index (χ2v) is 14.5. The molecule has 1 aromatic heterocycles. The number of rotatable bonds is 16. The number of carbonyl (C=O) groups excluding carboxylic acids is 4. The monoisotopic (exact) mass is 741 g/mol. The average molecular weight is 742 g/mol. The zero-order chi connectivity index (χ0) is 38.9. The number of ether oxygens (including phenoxy) is 3. The lowest BCUT2D eigenvalue weighted by Gasteiger charge is -2.31. The minimum absolute atomic E-state index is 0.0791. The first kappa shape index (κ1) is 39.9. The summed E-state index contributed by atoms with van der Waals surface area (Å²) in [6.45, 7) is 5.26. The fraction of sp³-hybridized carbons (Fsp3) is 0.476. The van der Waals surface area contributed by atoms with Gasteiger partial charge in [-0.05, 0) is 49.3 Å². The van der Waals surface area contributed by atoms with Crippen molar-refractivity contribution >= 4 is 40.4 Å². The number of benzene rings is 2. The van der Waals surface area contributed by atoms with E-state index in [0.29, 0.717) is 28.1 Å². The molecule has 2 aliphatic carbocycles. The number of nitrogens with zero attached hydrogens (tertiary/aromatic N) is 1. The zero-order valence-corrected chi connectivity index (χ0v) is 31.6. The Balaban J connectivity index is 1.46. The van der Waals surface area contributed by atoms with Crippen LogP contribution in [0.3, 0.4) is 0 Å². The highest BCUT2D eigenvalue weighted by Gasteiger charge is 2.40. The first-order valence-electron chi connectivity index (χ1n) is 18.8. The van der Waals surface area contributed by atoms with E-state index in [-0.39, 0.29) is 36.7 Å². The van der Waals surface area contributed by atoms with E-state index in [4.69, 9.17) is 19.2 Å².